The lowest BCUT2D eigenvalue weighted by Gasteiger charge is -2.21. The molecule has 0 spiro atoms. The lowest BCUT2D eigenvalue weighted by atomic mass is 10.2. The summed E-state index contributed by atoms with van der Waals surface area (Å²) in [4.78, 5) is 4.24. The maximum absolute atomic E-state index is 12.7. The summed E-state index contributed by atoms with van der Waals surface area (Å²) in [6.07, 6.45) is 3.20. The van der Waals surface area contributed by atoms with Crippen LogP contribution in [0.2, 0.25) is 0 Å². The highest BCUT2D eigenvalue weighted by Crippen LogP contribution is 2.24. The summed E-state index contributed by atoms with van der Waals surface area (Å²) in [5.74, 6) is -0.361. The van der Waals surface area contributed by atoms with Crippen molar-refractivity contribution in [2.45, 2.75) is 11.8 Å². The monoisotopic (exact) mass is 306 g/mol. The van der Waals surface area contributed by atoms with Crippen LogP contribution < -0.4 is 5.73 Å². The molecule has 3 N–H and O–H groups in total. The third-order valence-corrected chi connectivity index (χ3v) is 5.27. The minimum Gasteiger partial charge on any atom is -0.387 e. The van der Waals surface area contributed by atoms with Crippen LogP contribution in [0.25, 0.3) is 10.8 Å². The van der Waals surface area contributed by atoms with Gasteiger partial charge in [-0.05, 0) is 12.1 Å². The van der Waals surface area contributed by atoms with E-state index in [1.54, 1.807) is 37.5 Å². The summed E-state index contributed by atoms with van der Waals surface area (Å²) in [5, 5.41) is 8.79. The van der Waals surface area contributed by atoms with E-state index in [1.807, 2.05) is 6.07 Å². The standard InChI is InChI=1S/C14H18N4O2S/c1-10(14(15)16)9-18(2)21(19,20)13-5-3-4-11-8-17-7-6-12(11)13/h3-8,10H,9H2,1-2H3,(H3,15,16). The second kappa shape index (κ2) is 5.79. The molecule has 112 valence electrons. The fraction of sp³-hybridized carbons (Fsp3) is 0.286. The molecule has 1 atom stereocenters. The summed E-state index contributed by atoms with van der Waals surface area (Å²) in [7, 11) is -2.15. The Balaban J connectivity index is 2.45. The highest BCUT2D eigenvalue weighted by molar-refractivity contribution is 7.89. The number of aromatic nitrogens is 1. The predicted molar refractivity (Wildman–Crippen MR) is 82.6 cm³/mol. The van der Waals surface area contributed by atoms with E-state index in [4.69, 9.17) is 11.1 Å². The smallest absolute Gasteiger partial charge is 0.243 e. The second-order valence-electron chi connectivity index (χ2n) is 4.99. The van der Waals surface area contributed by atoms with E-state index < -0.39 is 10.0 Å². The predicted octanol–water partition coefficient (Wildman–Crippen LogP) is 1.43. The molecular formula is C14H18N4O2S. The molecule has 21 heavy (non-hydrogen) atoms. The maximum Gasteiger partial charge on any atom is 0.243 e. The van der Waals surface area contributed by atoms with E-state index in [1.165, 1.54) is 11.4 Å². The van der Waals surface area contributed by atoms with Crippen LogP contribution in [-0.4, -0.2) is 37.1 Å². The first-order valence-corrected chi connectivity index (χ1v) is 7.91. The van der Waals surface area contributed by atoms with Gasteiger partial charge in [0, 0.05) is 42.7 Å². The Hall–Kier alpha value is -1.99. The maximum atomic E-state index is 12.7. The zero-order valence-electron chi connectivity index (χ0n) is 11.9. The summed E-state index contributed by atoms with van der Waals surface area (Å²) < 4.78 is 26.6. The van der Waals surface area contributed by atoms with Gasteiger partial charge in [-0.3, -0.25) is 10.4 Å². The number of sulfonamides is 1. The van der Waals surface area contributed by atoms with Gasteiger partial charge in [0.15, 0.2) is 0 Å². The first kappa shape index (κ1) is 15.4. The van der Waals surface area contributed by atoms with Crippen molar-refractivity contribution in [2.75, 3.05) is 13.6 Å². The Morgan fingerprint density at radius 3 is 2.81 bits per heavy atom. The van der Waals surface area contributed by atoms with Gasteiger partial charge in [0.25, 0.3) is 0 Å². The van der Waals surface area contributed by atoms with E-state index in [0.717, 1.165) is 5.39 Å². The minimum atomic E-state index is -3.64. The zero-order valence-corrected chi connectivity index (χ0v) is 12.8. The fourth-order valence-electron chi connectivity index (χ4n) is 2.07. The van der Waals surface area contributed by atoms with Crippen molar-refractivity contribution in [1.82, 2.24) is 9.29 Å². The first-order chi connectivity index (χ1) is 9.84. The van der Waals surface area contributed by atoms with Crippen molar-refractivity contribution in [3.05, 3.63) is 36.7 Å². The highest BCUT2D eigenvalue weighted by atomic mass is 32.2. The van der Waals surface area contributed by atoms with Crippen molar-refractivity contribution in [3.63, 3.8) is 0 Å². The molecule has 7 heteroatoms. The van der Waals surface area contributed by atoms with Gasteiger partial charge in [-0.25, -0.2) is 12.7 Å². The van der Waals surface area contributed by atoms with Gasteiger partial charge in [0.2, 0.25) is 10.0 Å². The molecule has 0 aliphatic heterocycles. The Morgan fingerprint density at radius 2 is 2.14 bits per heavy atom. The molecule has 0 saturated heterocycles. The van der Waals surface area contributed by atoms with Gasteiger partial charge in [0.1, 0.15) is 0 Å². The van der Waals surface area contributed by atoms with E-state index in [2.05, 4.69) is 4.98 Å². The van der Waals surface area contributed by atoms with Crippen molar-refractivity contribution in [3.8, 4) is 0 Å². The topological polar surface area (TPSA) is 100 Å². The first-order valence-electron chi connectivity index (χ1n) is 6.47. The van der Waals surface area contributed by atoms with Gasteiger partial charge in [-0.2, -0.15) is 0 Å². The molecule has 1 aromatic carbocycles. The Morgan fingerprint density at radius 1 is 1.43 bits per heavy atom. The Kier molecular flexibility index (Phi) is 4.24. The summed E-state index contributed by atoms with van der Waals surface area (Å²) in [6.45, 7) is 1.89. The van der Waals surface area contributed by atoms with E-state index in [-0.39, 0.29) is 23.2 Å². The van der Waals surface area contributed by atoms with Crippen LogP contribution in [-0.2, 0) is 10.0 Å². The van der Waals surface area contributed by atoms with Crippen LogP contribution in [0.15, 0.2) is 41.6 Å². The molecule has 0 fully saturated rings. The molecular weight excluding hydrogens is 288 g/mol. The van der Waals surface area contributed by atoms with Crippen molar-refractivity contribution in [2.24, 2.45) is 11.7 Å². The summed E-state index contributed by atoms with van der Waals surface area (Å²) >= 11 is 0. The molecule has 1 aromatic heterocycles. The number of amidine groups is 1. The summed E-state index contributed by atoms with van der Waals surface area (Å²) in [6, 6.07) is 6.77. The number of nitrogens with two attached hydrogens (primary N) is 1. The second-order valence-corrected chi connectivity index (χ2v) is 7.01. The largest absolute Gasteiger partial charge is 0.387 e. The summed E-state index contributed by atoms with van der Waals surface area (Å²) in [5.41, 5.74) is 5.41. The van der Waals surface area contributed by atoms with Crippen LogP contribution >= 0.6 is 0 Å². The molecule has 0 bridgehead atoms. The molecule has 0 aliphatic carbocycles. The Labute approximate surface area is 124 Å². The number of fused-ring (bicyclic) bond motifs is 1. The zero-order chi connectivity index (χ0) is 15.6. The number of benzene rings is 1. The number of nitrogens with one attached hydrogen (secondary N) is 1. The average molecular weight is 306 g/mol. The van der Waals surface area contributed by atoms with Gasteiger partial charge in [-0.1, -0.05) is 19.1 Å². The molecule has 2 aromatic rings. The molecule has 0 aliphatic rings. The van der Waals surface area contributed by atoms with Crippen molar-refractivity contribution < 1.29 is 8.42 Å². The molecule has 0 saturated carbocycles. The average Bonchev–Trinajstić information content (AvgIpc) is 2.46. The van der Waals surface area contributed by atoms with Gasteiger partial charge < -0.3 is 5.73 Å². The van der Waals surface area contributed by atoms with Crippen LogP contribution in [0.4, 0.5) is 0 Å². The minimum absolute atomic E-state index is 0.0285. The van der Waals surface area contributed by atoms with E-state index >= 15 is 0 Å². The van der Waals surface area contributed by atoms with Crippen LogP contribution in [0, 0.1) is 11.3 Å². The highest BCUT2D eigenvalue weighted by Gasteiger charge is 2.24. The molecule has 0 amide bonds. The number of pyridine rings is 1. The SMILES string of the molecule is CC(CN(C)S(=O)(=O)c1cccc2cnccc12)C(=N)N. The molecule has 1 unspecified atom stereocenters. The molecule has 6 nitrogen and oxygen atoms in total. The third-order valence-electron chi connectivity index (χ3n) is 3.39. The van der Waals surface area contributed by atoms with Crippen molar-refractivity contribution in [1.29, 1.82) is 5.41 Å². The lowest BCUT2D eigenvalue weighted by molar-refractivity contribution is 0.444. The third kappa shape index (κ3) is 3.03. The fourth-order valence-corrected chi connectivity index (χ4v) is 3.54. The van der Waals surface area contributed by atoms with Crippen LogP contribution in [0.3, 0.4) is 0 Å². The van der Waals surface area contributed by atoms with Crippen molar-refractivity contribution >= 4 is 26.6 Å². The molecule has 2 rings (SSSR count). The van der Waals surface area contributed by atoms with Crippen LogP contribution in [0.5, 0.6) is 0 Å². The number of nitrogens with zero attached hydrogens (tertiary/aromatic N) is 2. The quantitative estimate of drug-likeness (QED) is 0.644. The van der Waals surface area contributed by atoms with Gasteiger partial charge >= 0.3 is 0 Å². The Bertz CT molecular complexity index is 768. The molecule has 1 heterocycles. The van der Waals surface area contributed by atoms with Crippen LogP contribution in [0.1, 0.15) is 6.92 Å². The van der Waals surface area contributed by atoms with Gasteiger partial charge in [0.05, 0.1) is 10.7 Å². The number of hydrogen-bond acceptors (Lipinski definition) is 4. The number of rotatable bonds is 5. The van der Waals surface area contributed by atoms with E-state index in [0.29, 0.717) is 5.39 Å². The van der Waals surface area contributed by atoms with E-state index in [9.17, 15) is 8.42 Å². The van der Waals surface area contributed by atoms with Gasteiger partial charge in [-0.15, -0.1) is 0 Å². The normalized spacial score (nSPS) is 13.5. The number of hydrogen-bond donors (Lipinski definition) is 2. The lowest BCUT2D eigenvalue weighted by Crippen LogP contribution is -2.35. The molecule has 0 radical (unpaired) electrons.